The van der Waals surface area contributed by atoms with Gasteiger partial charge in [0, 0.05) is 54.5 Å². The Balaban J connectivity index is -0.0000000150. The van der Waals surface area contributed by atoms with Crippen molar-refractivity contribution in [3.8, 4) is 0 Å². The third-order valence-electron chi connectivity index (χ3n) is 0.0833. The third-order valence-corrected chi connectivity index (χ3v) is 0.0833. The Bertz CT molecular complexity index is 33.9. The van der Waals surface area contributed by atoms with Gasteiger partial charge in [0.2, 0.25) is 0 Å². The standard InChI is InChI=1S/C3H3O.Al.2V/c1-2-3-4;;;/h2H,1H2;;;/q-1;;;. The van der Waals surface area contributed by atoms with Gasteiger partial charge in [-0.15, -0.1) is 0 Å². The molecule has 0 aliphatic carbocycles. The first-order valence-electron chi connectivity index (χ1n) is 0.901. The minimum atomic E-state index is 0. The molecule has 0 N–H and O–H groups in total. The van der Waals surface area contributed by atoms with Crippen LogP contribution >= 0.6 is 0 Å². The first-order valence-corrected chi connectivity index (χ1v) is 0.901. The topological polar surface area (TPSA) is 17.1 Å². The van der Waals surface area contributed by atoms with Crippen molar-refractivity contribution >= 4 is 23.6 Å². The Morgan fingerprint density at radius 3 is 1.57 bits per heavy atom. The van der Waals surface area contributed by atoms with E-state index >= 15 is 0 Å². The van der Waals surface area contributed by atoms with Gasteiger partial charge in [-0.1, -0.05) is 0 Å². The first kappa shape index (κ1) is 24.3. The van der Waals surface area contributed by atoms with Gasteiger partial charge in [-0.05, 0) is 6.29 Å². The Hall–Kier alpha value is 1.11. The maximum absolute atomic E-state index is 8.93. The predicted molar refractivity (Wildman–Crippen MR) is 21.6 cm³/mol. The number of hydrogen-bond acceptors (Lipinski definition) is 1. The van der Waals surface area contributed by atoms with E-state index in [1.807, 2.05) is 0 Å². The van der Waals surface area contributed by atoms with Crippen molar-refractivity contribution in [3.63, 3.8) is 0 Å². The van der Waals surface area contributed by atoms with E-state index < -0.39 is 0 Å². The molecule has 0 aliphatic rings. The maximum Gasteiger partial charge on any atom is 0 e. The Labute approximate surface area is 77.8 Å². The van der Waals surface area contributed by atoms with E-state index in [-0.39, 0.29) is 54.5 Å². The van der Waals surface area contributed by atoms with Crippen molar-refractivity contribution in [2.75, 3.05) is 0 Å². The molecular weight excluding hydrogens is 181 g/mol. The maximum atomic E-state index is 8.93. The van der Waals surface area contributed by atoms with Gasteiger partial charge >= 0.3 is 0 Å². The molecular formula is C3H3AlOV2-. The van der Waals surface area contributed by atoms with Crippen LogP contribution < -0.4 is 0 Å². The summed E-state index contributed by atoms with van der Waals surface area (Å²) in [4.78, 5) is 8.93. The summed E-state index contributed by atoms with van der Waals surface area (Å²) >= 11 is 0. The molecule has 4 heteroatoms. The molecule has 0 saturated heterocycles. The summed E-state index contributed by atoms with van der Waals surface area (Å²) in [6.45, 7) is 3.06. The van der Waals surface area contributed by atoms with Crippen LogP contribution in [0.1, 0.15) is 0 Å². The van der Waals surface area contributed by atoms with E-state index in [1.165, 1.54) is 6.29 Å². The quantitative estimate of drug-likeness (QED) is 0.316. The summed E-state index contributed by atoms with van der Waals surface area (Å²) in [6.07, 6.45) is 2.51. The van der Waals surface area contributed by atoms with Gasteiger partial charge < -0.3 is 4.79 Å². The van der Waals surface area contributed by atoms with Gasteiger partial charge in [0.1, 0.15) is 0 Å². The Morgan fingerprint density at radius 1 is 1.43 bits per heavy atom. The molecule has 0 aromatic carbocycles. The smallest absolute Gasteiger partial charge is 0 e. The van der Waals surface area contributed by atoms with Crippen LogP contribution in [-0.4, -0.2) is 23.6 Å². The van der Waals surface area contributed by atoms with Crippen LogP contribution in [0.25, 0.3) is 0 Å². The van der Waals surface area contributed by atoms with Crippen LogP contribution in [0.2, 0.25) is 0 Å². The molecule has 0 amide bonds. The summed E-state index contributed by atoms with van der Waals surface area (Å²) in [6, 6.07) is 0. The molecule has 0 fully saturated rings. The van der Waals surface area contributed by atoms with E-state index in [4.69, 9.17) is 4.79 Å². The summed E-state index contributed by atoms with van der Waals surface area (Å²) in [5.74, 6) is 0. The van der Waals surface area contributed by atoms with Gasteiger partial charge in [-0.3, -0.25) is 0 Å². The molecule has 0 rings (SSSR count). The van der Waals surface area contributed by atoms with Crippen LogP contribution in [0.4, 0.5) is 0 Å². The molecule has 0 saturated carbocycles. The first-order chi connectivity index (χ1) is 1.91. The fourth-order valence-corrected chi connectivity index (χ4v) is 0. The molecule has 5 radical (unpaired) electrons. The largest absolute Gasteiger partial charge is 0.419 e. The third kappa shape index (κ3) is 41.7. The molecule has 0 aliphatic heterocycles. The number of allylic oxidation sites excluding steroid dienone is 1. The van der Waals surface area contributed by atoms with E-state index in [0.717, 1.165) is 6.08 Å². The van der Waals surface area contributed by atoms with Crippen LogP contribution in [-0.2, 0) is 41.9 Å². The zero-order valence-electron chi connectivity index (χ0n) is 3.66. The van der Waals surface area contributed by atoms with Gasteiger partial charge in [-0.2, -0.15) is 0 Å². The molecule has 0 aromatic rings. The van der Waals surface area contributed by atoms with E-state index in [0.29, 0.717) is 0 Å². The fourth-order valence-electron chi connectivity index (χ4n) is 0. The van der Waals surface area contributed by atoms with Crippen molar-refractivity contribution in [2.24, 2.45) is 0 Å². The zero-order chi connectivity index (χ0) is 3.41. The van der Waals surface area contributed by atoms with E-state index in [2.05, 4.69) is 6.58 Å². The number of hydrogen-bond donors (Lipinski definition) is 0. The summed E-state index contributed by atoms with van der Waals surface area (Å²) in [5.41, 5.74) is 0. The second-order valence-corrected chi connectivity index (χ2v) is 0.322. The van der Waals surface area contributed by atoms with E-state index in [9.17, 15) is 0 Å². The van der Waals surface area contributed by atoms with Crippen LogP contribution in [0, 0.1) is 0 Å². The second kappa shape index (κ2) is 27.4. The minimum Gasteiger partial charge on any atom is -0.419 e. The summed E-state index contributed by atoms with van der Waals surface area (Å²) in [5, 5.41) is 0. The van der Waals surface area contributed by atoms with Crippen molar-refractivity contribution in [2.45, 2.75) is 0 Å². The number of rotatable bonds is 1. The van der Waals surface area contributed by atoms with Gasteiger partial charge in [0.15, 0.2) is 0 Å². The monoisotopic (exact) mass is 184 g/mol. The molecule has 0 aromatic heterocycles. The van der Waals surface area contributed by atoms with Crippen molar-refractivity contribution in [3.05, 3.63) is 12.7 Å². The summed E-state index contributed by atoms with van der Waals surface area (Å²) < 4.78 is 0. The number of carbonyl (C=O) groups excluding carboxylic acids is 1. The molecule has 0 bridgehead atoms. The SMILES string of the molecule is C=C[C-]=O.[Al].[V].[V]. The molecule has 1 nitrogen and oxygen atoms in total. The molecule has 7 heavy (non-hydrogen) atoms. The van der Waals surface area contributed by atoms with Gasteiger partial charge in [0.05, 0.1) is 0 Å². The van der Waals surface area contributed by atoms with Crippen LogP contribution in [0.15, 0.2) is 12.7 Å². The van der Waals surface area contributed by atoms with E-state index in [1.54, 1.807) is 0 Å². The Morgan fingerprint density at radius 2 is 1.57 bits per heavy atom. The summed E-state index contributed by atoms with van der Waals surface area (Å²) in [7, 11) is 0. The normalized spacial score (nSPS) is 2.86. The van der Waals surface area contributed by atoms with Crippen molar-refractivity contribution < 1.29 is 41.9 Å². The average Bonchev–Trinajstić information content (AvgIpc) is 1.37. The molecule has 35 valence electrons. The molecule has 0 heterocycles. The minimum absolute atomic E-state index is 0. The molecule has 0 unspecified atom stereocenters. The van der Waals surface area contributed by atoms with Gasteiger partial charge in [-0.25, -0.2) is 12.7 Å². The average molecular weight is 184 g/mol. The molecule has 0 spiro atoms. The van der Waals surface area contributed by atoms with Gasteiger partial charge in [0.25, 0.3) is 0 Å². The van der Waals surface area contributed by atoms with Crippen molar-refractivity contribution in [1.82, 2.24) is 0 Å². The Kier molecular flexibility index (Phi) is 95.1. The second-order valence-electron chi connectivity index (χ2n) is 0.322. The predicted octanol–water partition coefficient (Wildman–Crippen LogP) is -0.104. The zero-order valence-corrected chi connectivity index (χ0v) is 7.61. The van der Waals surface area contributed by atoms with Crippen LogP contribution in [0.3, 0.4) is 0 Å². The fraction of sp³-hybridized carbons (Fsp3) is 0. The van der Waals surface area contributed by atoms with Crippen LogP contribution in [0.5, 0.6) is 0 Å². The van der Waals surface area contributed by atoms with Crippen molar-refractivity contribution in [1.29, 1.82) is 0 Å². The molecule has 0 atom stereocenters.